The predicted octanol–water partition coefficient (Wildman–Crippen LogP) is 6.00. The number of carbonyl (C=O) groups is 2. The fourth-order valence-corrected chi connectivity index (χ4v) is 5.91. The Morgan fingerprint density at radius 2 is 1.57 bits per heavy atom. The van der Waals surface area contributed by atoms with Crippen LogP contribution in [0.3, 0.4) is 0 Å². The van der Waals surface area contributed by atoms with Crippen molar-refractivity contribution in [3.05, 3.63) is 101 Å². The highest BCUT2D eigenvalue weighted by Crippen LogP contribution is 2.22. The van der Waals surface area contributed by atoms with Gasteiger partial charge in [0.1, 0.15) is 6.04 Å². The fraction of sp³-hybridized carbons (Fsp3) is 0.394. The standard InChI is InChI=1S/C33H42ClN3O4S/c1-5-25(3)35-33(39)31(23-27-12-8-7-9-13-27)36(24-28-14-10-15-29(34)22-28)32(38)16-11-21-37(42(4,40)41)30-19-17-26(6-2)18-20-30/h7-10,12-15,17-20,22,25,31H,5-6,11,16,21,23-24H2,1-4H3,(H,35,39)/t25-,31-/m0/s1. The Morgan fingerprint density at radius 1 is 0.905 bits per heavy atom. The van der Waals surface area contributed by atoms with Gasteiger partial charge in [0.2, 0.25) is 21.8 Å². The SMILES string of the molecule is CCc1ccc(N(CCCC(=O)N(Cc2cccc(Cl)c2)[C@@H](Cc2ccccc2)C(=O)N[C@@H](C)CC)S(C)(=O)=O)cc1. The fourth-order valence-electron chi connectivity index (χ4n) is 4.73. The van der Waals surface area contributed by atoms with Gasteiger partial charge in [0.15, 0.2) is 0 Å². The topological polar surface area (TPSA) is 86.8 Å². The predicted molar refractivity (Wildman–Crippen MR) is 171 cm³/mol. The third-order valence-electron chi connectivity index (χ3n) is 7.30. The van der Waals surface area contributed by atoms with E-state index in [0.717, 1.165) is 29.5 Å². The normalized spacial score (nSPS) is 12.8. The van der Waals surface area contributed by atoms with Crippen LogP contribution < -0.4 is 9.62 Å². The Hall–Kier alpha value is -3.36. The molecule has 3 aromatic carbocycles. The molecule has 226 valence electrons. The maximum absolute atomic E-state index is 13.9. The van der Waals surface area contributed by atoms with Crippen LogP contribution in [0.15, 0.2) is 78.9 Å². The van der Waals surface area contributed by atoms with Crippen LogP contribution in [0.4, 0.5) is 5.69 Å². The smallest absolute Gasteiger partial charge is 0.243 e. The average molecular weight is 612 g/mol. The molecule has 0 aliphatic rings. The zero-order valence-electron chi connectivity index (χ0n) is 24.9. The van der Waals surface area contributed by atoms with Crippen LogP contribution in [-0.2, 0) is 39.0 Å². The molecule has 9 heteroatoms. The summed E-state index contributed by atoms with van der Waals surface area (Å²) in [4.78, 5) is 29.2. The van der Waals surface area contributed by atoms with E-state index in [-0.39, 0.29) is 37.4 Å². The highest BCUT2D eigenvalue weighted by atomic mass is 35.5. The van der Waals surface area contributed by atoms with E-state index in [9.17, 15) is 18.0 Å². The minimum atomic E-state index is -3.57. The number of amides is 2. The number of rotatable bonds is 15. The molecule has 0 radical (unpaired) electrons. The molecule has 0 aliphatic heterocycles. The molecule has 3 rings (SSSR count). The largest absolute Gasteiger partial charge is 0.352 e. The summed E-state index contributed by atoms with van der Waals surface area (Å²) < 4.78 is 26.7. The summed E-state index contributed by atoms with van der Waals surface area (Å²) in [6.45, 7) is 6.31. The maximum Gasteiger partial charge on any atom is 0.243 e. The van der Waals surface area contributed by atoms with Crippen LogP contribution in [0.25, 0.3) is 0 Å². The van der Waals surface area contributed by atoms with Crippen LogP contribution >= 0.6 is 11.6 Å². The summed E-state index contributed by atoms with van der Waals surface area (Å²) >= 11 is 6.26. The molecule has 2 amide bonds. The van der Waals surface area contributed by atoms with Crippen LogP contribution in [0, 0.1) is 0 Å². The van der Waals surface area contributed by atoms with Crippen molar-refractivity contribution in [1.82, 2.24) is 10.2 Å². The molecule has 0 aliphatic carbocycles. The van der Waals surface area contributed by atoms with E-state index in [4.69, 9.17) is 11.6 Å². The number of hydrogen-bond acceptors (Lipinski definition) is 4. The molecule has 0 saturated heterocycles. The lowest BCUT2D eigenvalue weighted by Crippen LogP contribution is -2.52. The molecule has 2 atom stereocenters. The van der Waals surface area contributed by atoms with Crippen LogP contribution in [0.1, 0.15) is 56.7 Å². The number of nitrogens with one attached hydrogen (secondary N) is 1. The summed E-state index contributed by atoms with van der Waals surface area (Å²) in [6, 6.07) is 23.5. The Balaban J connectivity index is 1.88. The number of nitrogens with zero attached hydrogens (tertiary/aromatic N) is 2. The quantitative estimate of drug-likeness (QED) is 0.228. The third-order valence-corrected chi connectivity index (χ3v) is 8.73. The highest BCUT2D eigenvalue weighted by molar-refractivity contribution is 7.92. The van der Waals surface area contributed by atoms with Gasteiger partial charge in [-0.05, 0) is 67.1 Å². The average Bonchev–Trinajstić information content (AvgIpc) is 2.97. The Bertz CT molecular complexity index is 1410. The second kappa shape index (κ2) is 15.8. The summed E-state index contributed by atoms with van der Waals surface area (Å²) in [5.74, 6) is -0.456. The zero-order valence-corrected chi connectivity index (χ0v) is 26.5. The van der Waals surface area contributed by atoms with Crippen molar-refractivity contribution in [2.24, 2.45) is 0 Å². The van der Waals surface area contributed by atoms with E-state index >= 15 is 0 Å². The first kappa shape index (κ1) is 33.1. The van der Waals surface area contributed by atoms with Gasteiger partial charge in [-0.1, -0.05) is 80.0 Å². The van der Waals surface area contributed by atoms with E-state index < -0.39 is 16.1 Å². The van der Waals surface area contributed by atoms with Gasteiger partial charge >= 0.3 is 0 Å². The lowest BCUT2D eigenvalue weighted by atomic mass is 10.0. The van der Waals surface area contributed by atoms with Gasteiger partial charge in [0, 0.05) is 37.0 Å². The van der Waals surface area contributed by atoms with E-state index in [1.54, 1.807) is 29.2 Å². The number of hydrogen-bond donors (Lipinski definition) is 1. The molecule has 0 fully saturated rings. The van der Waals surface area contributed by atoms with Crippen LogP contribution in [-0.4, -0.2) is 50.0 Å². The molecule has 7 nitrogen and oxygen atoms in total. The lowest BCUT2D eigenvalue weighted by molar-refractivity contribution is -0.141. The van der Waals surface area contributed by atoms with Crippen molar-refractivity contribution in [2.75, 3.05) is 17.1 Å². The van der Waals surface area contributed by atoms with Gasteiger partial charge in [-0.3, -0.25) is 13.9 Å². The second-order valence-electron chi connectivity index (χ2n) is 10.6. The van der Waals surface area contributed by atoms with E-state index in [0.29, 0.717) is 23.6 Å². The lowest BCUT2D eigenvalue weighted by Gasteiger charge is -2.32. The molecule has 0 bridgehead atoms. The number of carbonyl (C=O) groups excluding carboxylic acids is 2. The minimum Gasteiger partial charge on any atom is -0.352 e. The van der Waals surface area contributed by atoms with Gasteiger partial charge < -0.3 is 10.2 Å². The Labute approximate surface area is 255 Å². The number of halogens is 1. The zero-order chi connectivity index (χ0) is 30.7. The Kier molecular flexibility index (Phi) is 12.4. The molecule has 0 spiro atoms. The molecule has 0 heterocycles. The van der Waals surface area contributed by atoms with E-state index in [2.05, 4.69) is 5.32 Å². The van der Waals surface area contributed by atoms with Crippen LogP contribution in [0.5, 0.6) is 0 Å². The number of benzene rings is 3. The molecule has 3 aromatic rings. The van der Waals surface area contributed by atoms with E-state index in [1.165, 1.54) is 10.6 Å². The van der Waals surface area contributed by atoms with Gasteiger partial charge in [0.05, 0.1) is 11.9 Å². The van der Waals surface area contributed by atoms with Crippen molar-refractivity contribution in [3.8, 4) is 0 Å². The maximum atomic E-state index is 13.9. The number of aryl methyl sites for hydroxylation is 1. The molecular weight excluding hydrogens is 570 g/mol. The summed E-state index contributed by atoms with van der Waals surface area (Å²) in [7, 11) is -3.57. The van der Waals surface area contributed by atoms with Crippen molar-refractivity contribution in [3.63, 3.8) is 0 Å². The molecule has 0 saturated carbocycles. The van der Waals surface area contributed by atoms with Crippen LogP contribution in [0.2, 0.25) is 5.02 Å². The third kappa shape index (κ3) is 9.88. The van der Waals surface area contributed by atoms with Crippen molar-refractivity contribution >= 4 is 39.1 Å². The van der Waals surface area contributed by atoms with Gasteiger partial charge in [0.25, 0.3) is 0 Å². The first-order chi connectivity index (χ1) is 20.0. The molecule has 0 unspecified atom stereocenters. The van der Waals surface area contributed by atoms with Gasteiger partial charge in [-0.15, -0.1) is 0 Å². The monoisotopic (exact) mass is 611 g/mol. The van der Waals surface area contributed by atoms with Crippen molar-refractivity contribution in [2.45, 2.75) is 71.5 Å². The molecule has 1 N–H and O–H groups in total. The summed E-state index contributed by atoms with van der Waals surface area (Å²) in [5, 5.41) is 3.60. The van der Waals surface area contributed by atoms with Crippen molar-refractivity contribution in [1.29, 1.82) is 0 Å². The summed E-state index contributed by atoms with van der Waals surface area (Å²) in [6.07, 6.45) is 3.48. The second-order valence-corrected chi connectivity index (χ2v) is 13.0. The van der Waals surface area contributed by atoms with Gasteiger partial charge in [-0.2, -0.15) is 0 Å². The molecular formula is C33H42ClN3O4S. The van der Waals surface area contributed by atoms with Crippen molar-refractivity contribution < 1.29 is 18.0 Å². The summed E-state index contributed by atoms with van der Waals surface area (Å²) in [5.41, 5.74) is 3.41. The number of sulfonamides is 1. The highest BCUT2D eigenvalue weighted by Gasteiger charge is 2.31. The molecule has 42 heavy (non-hydrogen) atoms. The van der Waals surface area contributed by atoms with E-state index in [1.807, 2.05) is 75.4 Å². The first-order valence-corrected chi connectivity index (χ1v) is 16.7. The number of anilines is 1. The minimum absolute atomic E-state index is 0.0543. The first-order valence-electron chi connectivity index (χ1n) is 14.5. The Morgan fingerprint density at radius 3 is 2.17 bits per heavy atom. The molecule has 0 aromatic heterocycles. The van der Waals surface area contributed by atoms with Gasteiger partial charge in [-0.25, -0.2) is 8.42 Å².